The lowest BCUT2D eigenvalue weighted by Crippen LogP contribution is -2.32. The average molecular weight is 293 g/mol. The highest BCUT2D eigenvalue weighted by Gasteiger charge is 2.07. The van der Waals surface area contributed by atoms with Crippen molar-refractivity contribution in [2.45, 2.75) is 40.7 Å². The lowest BCUT2D eigenvalue weighted by atomic mass is 10.3. The zero-order valence-corrected chi connectivity index (χ0v) is 13.6. The molecular formula is C16H27N3O2. The van der Waals surface area contributed by atoms with Crippen molar-refractivity contribution in [2.24, 2.45) is 0 Å². The molecule has 0 spiro atoms. The van der Waals surface area contributed by atoms with E-state index in [0.29, 0.717) is 6.54 Å². The number of amides is 1. The van der Waals surface area contributed by atoms with E-state index in [0.717, 1.165) is 37.4 Å². The average Bonchev–Trinajstić information content (AvgIpc) is 2.43. The summed E-state index contributed by atoms with van der Waals surface area (Å²) in [7, 11) is 0. The molecule has 0 fully saturated rings. The number of hydrogen-bond acceptors (Lipinski definition) is 3. The Labute approximate surface area is 127 Å². The predicted molar refractivity (Wildman–Crippen MR) is 85.6 cm³/mol. The van der Waals surface area contributed by atoms with Crippen LogP contribution in [0.5, 0.6) is 0 Å². The second-order valence-corrected chi connectivity index (χ2v) is 5.29. The first-order chi connectivity index (χ1) is 9.97. The van der Waals surface area contributed by atoms with Crippen LogP contribution in [0.3, 0.4) is 0 Å². The smallest absolute Gasteiger partial charge is 0.239 e. The molecule has 1 N–H and O–H groups in total. The Morgan fingerprint density at radius 3 is 2.29 bits per heavy atom. The Balaban J connectivity index is 2.43. The maximum atomic E-state index is 12.0. The fraction of sp³-hybridized carbons (Fsp3) is 0.625. The molecule has 5 nitrogen and oxygen atoms in total. The molecule has 118 valence electrons. The molecule has 1 heterocycles. The van der Waals surface area contributed by atoms with Gasteiger partial charge in [-0.1, -0.05) is 13.8 Å². The van der Waals surface area contributed by atoms with E-state index in [-0.39, 0.29) is 17.9 Å². The van der Waals surface area contributed by atoms with Crippen LogP contribution in [-0.4, -0.2) is 41.6 Å². The van der Waals surface area contributed by atoms with Gasteiger partial charge in [0.1, 0.15) is 6.54 Å². The monoisotopic (exact) mass is 293 g/mol. The van der Waals surface area contributed by atoms with Crippen molar-refractivity contribution in [3.63, 3.8) is 0 Å². The van der Waals surface area contributed by atoms with Gasteiger partial charge in [-0.3, -0.25) is 9.59 Å². The zero-order valence-electron chi connectivity index (χ0n) is 13.6. The van der Waals surface area contributed by atoms with Gasteiger partial charge in [-0.2, -0.15) is 0 Å². The standard InChI is InChI=1S/C16H27N3O2/c1-5-18(6-2)9-7-8-17-16(21)12-19-13(3)10-15(20)11-14(19)4/h10-11H,5-9,12H2,1-4H3,(H,17,21). The Bertz CT molecular complexity index is 492. The Morgan fingerprint density at radius 1 is 1.19 bits per heavy atom. The molecule has 0 aromatic carbocycles. The number of aromatic nitrogens is 1. The number of aryl methyl sites for hydroxylation is 2. The highest BCUT2D eigenvalue weighted by Crippen LogP contribution is 2.01. The summed E-state index contributed by atoms with van der Waals surface area (Å²) in [5, 5.41) is 2.94. The van der Waals surface area contributed by atoms with E-state index in [1.807, 2.05) is 18.4 Å². The van der Waals surface area contributed by atoms with E-state index >= 15 is 0 Å². The third kappa shape index (κ3) is 5.71. The highest BCUT2D eigenvalue weighted by molar-refractivity contribution is 5.75. The van der Waals surface area contributed by atoms with Crippen LogP contribution < -0.4 is 10.7 Å². The van der Waals surface area contributed by atoms with Crippen LogP contribution in [0, 0.1) is 13.8 Å². The molecule has 0 bridgehead atoms. The van der Waals surface area contributed by atoms with E-state index < -0.39 is 0 Å². The molecule has 0 aliphatic rings. The normalized spacial score (nSPS) is 10.9. The maximum absolute atomic E-state index is 12.0. The summed E-state index contributed by atoms with van der Waals surface area (Å²) in [4.78, 5) is 25.7. The Kier molecular flexibility index (Phi) is 7.15. The molecule has 0 unspecified atom stereocenters. The number of pyridine rings is 1. The molecule has 1 rings (SSSR count). The minimum atomic E-state index is -0.0131. The molecular weight excluding hydrogens is 266 g/mol. The molecule has 0 aliphatic heterocycles. The summed E-state index contributed by atoms with van der Waals surface area (Å²) in [6.07, 6.45) is 0.954. The molecule has 21 heavy (non-hydrogen) atoms. The van der Waals surface area contributed by atoms with Crippen LogP contribution in [-0.2, 0) is 11.3 Å². The van der Waals surface area contributed by atoms with Gasteiger partial charge in [0, 0.05) is 30.1 Å². The number of carbonyl (C=O) groups is 1. The topological polar surface area (TPSA) is 54.3 Å². The third-order valence-corrected chi connectivity index (χ3v) is 3.72. The number of rotatable bonds is 8. The largest absolute Gasteiger partial charge is 0.355 e. The quantitative estimate of drug-likeness (QED) is 0.735. The Hall–Kier alpha value is -1.62. The van der Waals surface area contributed by atoms with E-state index in [2.05, 4.69) is 24.1 Å². The summed E-state index contributed by atoms with van der Waals surface area (Å²) in [6.45, 7) is 12.0. The van der Waals surface area contributed by atoms with Crippen molar-refractivity contribution in [2.75, 3.05) is 26.2 Å². The molecule has 0 saturated carbocycles. The van der Waals surface area contributed by atoms with Gasteiger partial charge in [0.05, 0.1) is 0 Å². The second kappa shape index (κ2) is 8.62. The van der Waals surface area contributed by atoms with Crippen LogP contribution in [0.2, 0.25) is 0 Å². The van der Waals surface area contributed by atoms with Crippen molar-refractivity contribution in [1.29, 1.82) is 0 Å². The first-order valence-corrected chi connectivity index (χ1v) is 7.65. The van der Waals surface area contributed by atoms with Gasteiger partial charge in [-0.15, -0.1) is 0 Å². The van der Waals surface area contributed by atoms with Crippen molar-refractivity contribution in [3.8, 4) is 0 Å². The highest BCUT2D eigenvalue weighted by atomic mass is 16.2. The molecule has 1 aromatic heterocycles. The van der Waals surface area contributed by atoms with E-state index in [9.17, 15) is 9.59 Å². The van der Waals surface area contributed by atoms with E-state index in [1.165, 1.54) is 0 Å². The number of nitrogens with one attached hydrogen (secondary N) is 1. The van der Waals surface area contributed by atoms with Gasteiger partial charge >= 0.3 is 0 Å². The van der Waals surface area contributed by atoms with Crippen LogP contribution in [0.15, 0.2) is 16.9 Å². The SMILES string of the molecule is CCN(CC)CCCNC(=O)Cn1c(C)cc(=O)cc1C. The van der Waals surface area contributed by atoms with Crippen LogP contribution in [0.25, 0.3) is 0 Å². The van der Waals surface area contributed by atoms with Crippen LogP contribution in [0.4, 0.5) is 0 Å². The minimum absolute atomic E-state index is 0.00982. The van der Waals surface area contributed by atoms with Crippen molar-refractivity contribution in [3.05, 3.63) is 33.7 Å². The molecule has 0 radical (unpaired) electrons. The molecule has 5 heteroatoms. The summed E-state index contributed by atoms with van der Waals surface area (Å²) >= 11 is 0. The van der Waals surface area contributed by atoms with Gasteiger partial charge in [0.25, 0.3) is 0 Å². The second-order valence-electron chi connectivity index (χ2n) is 5.29. The summed E-state index contributed by atoms with van der Waals surface area (Å²) in [5.41, 5.74) is 1.62. The van der Waals surface area contributed by atoms with Gasteiger partial charge in [-0.25, -0.2) is 0 Å². The summed E-state index contributed by atoms with van der Waals surface area (Å²) in [6, 6.07) is 3.11. The zero-order chi connectivity index (χ0) is 15.8. The minimum Gasteiger partial charge on any atom is -0.355 e. The van der Waals surface area contributed by atoms with Crippen molar-refractivity contribution >= 4 is 5.91 Å². The molecule has 0 atom stereocenters. The molecule has 1 aromatic rings. The van der Waals surface area contributed by atoms with Gasteiger partial charge in [0.15, 0.2) is 5.43 Å². The fourth-order valence-corrected chi connectivity index (χ4v) is 2.41. The number of nitrogens with zero attached hydrogens (tertiary/aromatic N) is 2. The van der Waals surface area contributed by atoms with Gasteiger partial charge in [-0.05, 0) is 39.9 Å². The van der Waals surface area contributed by atoms with E-state index in [4.69, 9.17) is 0 Å². The maximum Gasteiger partial charge on any atom is 0.239 e. The van der Waals surface area contributed by atoms with Crippen LogP contribution in [0.1, 0.15) is 31.7 Å². The molecule has 0 aliphatic carbocycles. The van der Waals surface area contributed by atoms with E-state index in [1.54, 1.807) is 12.1 Å². The van der Waals surface area contributed by atoms with Gasteiger partial charge in [0.2, 0.25) is 5.91 Å². The van der Waals surface area contributed by atoms with Crippen molar-refractivity contribution < 1.29 is 4.79 Å². The lowest BCUT2D eigenvalue weighted by molar-refractivity contribution is -0.121. The number of carbonyl (C=O) groups excluding carboxylic acids is 1. The fourth-order valence-electron chi connectivity index (χ4n) is 2.41. The first kappa shape index (κ1) is 17.4. The lowest BCUT2D eigenvalue weighted by Gasteiger charge is -2.18. The Morgan fingerprint density at radius 2 is 1.76 bits per heavy atom. The van der Waals surface area contributed by atoms with Crippen LogP contribution >= 0.6 is 0 Å². The predicted octanol–water partition coefficient (Wildman–Crippen LogP) is 1.31. The summed E-state index contributed by atoms with van der Waals surface area (Å²) in [5.74, 6) is -0.00982. The van der Waals surface area contributed by atoms with Crippen molar-refractivity contribution in [1.82, 2.24) is 14.8 Å². The first-order valence-electron chi connectivity index (χ1n) is 7.65. The third-order valence-electron chi connectivity index (χ3n) is 3.72. The summed E-state index contributed by atoms with van der Waals surface area (Å²) < 4.78 is 1.86. The molecule has 0 saturated heterocycles. The number of hydrogen-bond donors (Lipinski definition) is 1. The molecule has 1 amide bonds. The van der Waals surface area contributed by atoms with Gasteiger partial charge < -0.3 is 14.8 Å².